The molecule has 0 fully saturated rings. The lowest BCUT2D eigenvalue weighted by Crippen LogP contribution is -2.32. The number of ether oxygens (including phenoxy) is 6. The Morgan fingerprint density at radius 2 is 0.909 bits per heavy atom. The SMILES string of the molecule is C.C.C.C.C=C(C)C(=O)OCCOCCOC(=O)CC(=O)NCCNC.C=C(C)C(=O)OCCOCCOC(=O)CC(C)=O. The van der Waals surface area contributed by atoms with Gasteiger partial charge in [0, 0.05) is 24.2 Å². The van der Waals surface area contributed by atoms with Crippen molar-refractivity contribution in [1.82, 2.24) is 10.6 Å². The molecule has 44 heavy (non-hydrogen) atoms. The number of ketones is 1. The summed E-state index contributed by atoms with van der Waals surface area (Å²) in [7, 11) is 1.76. The first-order valence-electron chi connectivity index (χ1n) is 12.4. The van der Waals surface area contributed by atoms with Crippen LogP contribution >= 0.6 is 0 Å². The standard InChI is InChI=1S/C14H24N2O6.C12H18O6.4CH4/c1-11(2)14(19)22-9-7-20-6-8-21-13(18)10-12(17)16-5-4-15-3;1-9(2)12(15)18-7-5-16-4-6-17-11(14)8-10(3)13;;;;/h15H,1,4-10H2,2-3H3,(H,16,17);1,4-8H2,2-3H3;4*1H4. The fourth-order valence-electron chi connectivity index (χ4n) is 2.09. The number of hydrogen-bond donors (Lipinski definition) is 2. The Labute approximate surface area is 264 Å². The Morgan fingerprint density at radius 1 is 0.545 bits per heavy atom. The van der Waals surface area contributed by atoms with E-state index in [2.05, 4.69) is 23.8 Å². The fraction of sp³-hybridized carbons (Fsp3) is 0.667. The van der Waals surface area contributed by atoms with E-state index in [0.717, 1.165) is 0 Å². The lowest BCUT2D eigenvalue weighted by atomic mass is 10.3. The van der Waals surface area contributed by atoms with Crippen LogP contribution in [0.25, 0.3) is 0 Å². The average molecular weight is 639 g/mol. The van der Waals surface area contributed by atoms with Crippen molar-refractivity contribution in [2.24, 2.45) is 0 Å². The number of amides is 1. The molecule has 0 radical (unpaired) electrons. The summed E-state index contributed by atoms with van der Waals surface area (Å²) in [5.41, 5.74) is 0.648. The number of carbonyl (C=O) groups excluding carboxylic acids is 6. The highest BCUT2D eigenvalue weighted by Crippen LogP contribution is 1.93. The van der Waals surface area contributed by atoms with Crippen molar-refractivity contribution in [2.75, 3.05) is 73.0 Å². The number of rotatable bonds is 21. The first-order valence-corrected chi connectivity index (χ1v) is 12.4. The first-order chi connectivity index (χ1) is 18.9. The van der Waals surface area contributed by atoms with Crippen LogP contribution in [0.2, 0.25) is 0 Å². The van der Waals surface area contributed by atoms with Gasteiger partial charge in [-0.3, -0.25) is 19.2 Å². The fourth-order valence-corrected chi connectivity index (χ4v) is 2.09. The predicted molar refractivity (Wildman–Crippen MR) is 169 cm³/mol. The van der Waals surface area contributed by atoms with E-state index in [1.165, 1.54) is 6.92 Å². The topological polar surface area (TPSA) is 182 Å². The predicted octanol–water partition coefficient (Wildman–Crippen LogP) is 2.58. The Balaban J connectivity index is -0.000000153. The van der Waals surface area contributed by atoms with E-state index in [4.69, 9.17) is 28.4 Å². The minimum Gasteiger partial charge on any atom is -0.463 e. The average Bonchev–Trinajstić information content (AvgIpc) is 2.87. The van der Waals surface area contributed by atoms with Crippen molar-refractivity contribution in [3.8, 4) is 0 Å². The van der Waals surface area contributed by atoms with Crippen molar-refractivity contribution in [2.45, 2.75) is 63.3 Å². The number of hydrogen-bond acceptors (Lipinski definition) is 13. The van der Waals surface area contributed by atoms with Gasteiger partial charge in [0.05, 0.1) is 26.4 Å². The Morgan fingerprint density at radius 3 is 1.25 bits per heavy atom. The summed E-state index contributed by atoms with van der Waals surface area (Å²) in [6, 6.07) is 0. The van der Waals surface area contributed by atoms with Crippen LogP contribution in [0.3, 0.4) is 0 Å². The van der Waals surface area contributed by atoms with Crippen LogP contribution in [0.15, 0.2) is 24.3 Å². The second-order valence-corrected chi connectivity index (χ2v) is 8.01. The van der Waals surface area contributed by atoms with Crippen LogP contribution in [0.5, 0.6) is 0 Å². The molecule has 1 amide bonds. The van der Waals surface area contributed by atoms with Gasteiger partial charge in [-0.1, -0.05) is 42.9 Å². The molecule has 0 saturated heterocycles. The lowest BCUT2D eigenvalue weighted by molar-refractivity contribution is -0.149. The molecule has 0 rings (SSSR count). The maximum Gasteiger partial charge on any atom is 0.333 e. The van der Waals surface area contributed by atoms with E-state index in [1.807, 2.05) is 0 Å². The molecule has 14 heteroatoms. The van der Waals surface area contributed by atoms with E-state index in [-0.39, 0.29) is 107 Å². The van der Waals surface area contributed by atoms with Gasteiger partial charge in [0.1, 0.15) is 45.1 Å². The molecule has 0 aromatic heterocycles. The summed E-state index contributed by atoms with van der Waals surface area (Å²) in [5.74, 6) is -2.75. The van der Waals surface area contributed by atoms with Gasteiger partial charge < -0.3 is 39.1 Å². The molecule has 14 nitrogen and oxygen atoms in total. The van der Waals surface area contributed by atoms with Crippen LogP contribution in [0.1, 0.15) is 63.3 Å². The van der Waals surface area contributed by atoms with Gasteiger partial charge in [-0.25, -0.2) is 9.59 Å². The monoisotopic (exact) mass is 638 g/mol. The van der Waals surface area contributed by atoms with Gasteiger partial charge in [-0.05, 0) is 27.8 Å². The van der Waals surface area contributed by atoms with E-state index < -0.39 is 23.9 Å². The summed E-state index contributed by atoms with van der Waals surface area (Å²) in [6.07, 6.45) is -0.545. The quantitative estimate of drug-likeness (QED) is 0.0616. The zero-order valence-electron chi connectivity index (χ0n) is 23.8. The highest BCUT2D eigenvalue weighted by molar-refractivity contribution is 5.94. The molecule has 0 aromatic carbocycles. The van der Waals surface area contributed by atoms with E-state index in [1.54, 1.807) is 20.9 Å². The summed E-state index contributed by atoms with van der Waals surface area (Å²) in [5, 5.41) is 5.43. The number of Topliss-reactive ketones (excluding diaryl/α,β-unsaturated/α-hetero) is 1. The molecular formula is C30H58N2O12. The van der Waals surface area contributed by atoms with Gasteiger partial charge in [0.2, 0.25) is 5.91 Å². The third-order valence-electron chi connectivity index (χ3n) is 4.00. The molecule has 0 spiro atoms. The number of likely N-dealkylation sites (N-methyl/N-ethyl adjacent to an activating group) is 1. The van der Waals surface area contributed by atoms with E-state index >= 15 is 0 Å². The first kappa shape index (κ1) is 53.0. The van der Waals surface area contributed by atoms with Crippen molar-refractivity contribution in [1.29, 1.82) is 0 Å². The molecule has 260 valence electrons. The summed E-state index contributed by atoms with van der Waals surface area (Å²) in [4.78, 5) is 66.1. The Kier molecular flexibility index (Phi) is 42.8. The molecule has 2 N–H and O–H groups in total. The minimum atomic E-state index is -0.612. The van der Waals surface area contributed by atoms with Crippen LogP contribution in [0, 0.1) is 0 Å². The molecule has 0 saturated carbocycles. The van der Waals surface area contributed by atoms with E-state index in [9.17, 15) is 28.8 Å². The Bertz CT molecular complexity index is 844. The van der Waals surface area contributed by atoms with Gasteiger partial charge in [-0.15, -0.1) is 0 Å². The highest BCUT2D eigenvalue weighted by Gasteiger charge is 2.10. The van der Waals surface area contributed by atoms with E-state index in [0.29, 0.717) is 24.2 Å². The number of esters is 4. The molecule has 0 atom stereocenters. The van der Waals surface area contributed by atoms with Crippen molar-refractivity contribution in [3.05, 3.63) is 24.3 Å². The zero-order chi connectivity index (χ0) is 30.8. The van der Waals surface area contributed by atoms with Crippen LogP contribution in [-0.2, 0) is 57.2 Å². The van der Waals surface area contributed by atoms with Crippen LogP contribution in [-0.4, -0.2) is 109 Å². The van der Waals surface area contributed by atoms with Crippen LogP contribution < -0.4 is 10.6 Å². The van der Waals surface area contributed by atoms with Crippen molar-refractivity contribution < 1.29 is 57.2 Å². The van der Waals surface area contributed by atoms with Gasteiger partial charge in [-0.2, -0.15) is 0 Å². The molecule has 0 bridgehead atoms. The molecule has 0 aliphatic heterocycles. The number of nitrogens with one attached hydrogen (secondary N) is 2. The zero-order valence-corrected chi connectivity index (χ0v) is 23.8. The second kappa shape index (κ2) is 35.6. The third kappa shape index (κ3) is 38.4. The molecule has 0 heterocycles. The lowest BCUT2D eigenvalue weighted by Gasteiger charge is -2.07. The molecule has 0 aliphatic rings. The molecular weight excluding hydrogens is 580 g/mol. The minimum absolute atomic E-state index is 0. The van der Waals surface area contributed by atoms with Gasteiger partial charge in [0.15, 0.2) is 0 Å². The third-order valence-corrected chi connectivity index (χ3v) is 4.00. The summed E-state index contributed by atoms with van der Waals surface area (Å²) in [6.45, 7) is 13.5. The van der Waals surface area contributed by atoms with Crippen LogP contribution in [0.4, 0.5) is 0 Å². The maximum absolute atomic E-state index is 11.3. The molecule has 0 unspecified atom stereocenters. The smallest absolute Gasteiger partial charge is 0.333 e. The highest BCUT2D eigenvalue weighted by atomic mass is 16.6. The molecule has 0 aliphatic carbocycles. The normalized spacial score (nSPS) is 8.91. The van der Waals surface area contributed by atoms with Gasteiger partial charge >= 0.3 is 23.9 Å². The van der Waals surface area contributed by atoms with Crippen molar-refractivity contribution >= 4 is 35.6 Å². The number of carbonyl (C=O) groups is 6. The Hall–Kier alpha value is -3.62. The summed E-state index contributed by atoms with van der Waals surface area (Å²) >= 11 is 0. The summed E-state index contributed by atoms with van der Waals surface area (Å²) < 4.78 is 29.3. The molecule has 0 aromatic rings. The largest absolute Gasteiger partial charge is 0.463 e. The van der Waals surface area contributed by atoms with Crippen molar-refractivity contribution in [3.63, 3.8) is 0 Å². The maximum atomic E-state index is 11.3. The van der Waals surface area contributed by atoms with Gasteiger partial charge in [0.25, 0.3) is 0 Å². The second-order valence-electron chi connectivity index (χ2n) is 8.01.